The lowest BCUT2D eigenvalue weighted by molar-refractivity contribution is 0.0695. The highest BCUT2D eigenvalue weighted by molar-refractivity contribution is 5.94. The molecular formula is C24H18F2N4O4. The van der Waals surface area contributed by atoms with E-state index in [9.17, 15) is 23.5 Å². The summed E-state index contributed by atoms with van der Waals surface area (Å²) < 4.78 is 30.6. The first-order valence-electron chi connectivity index (χ1n) is 10.0. The van der Waals surface area contributed by atoms with E-state index in [-0.39, 0.29) is 41.1 Å². The van der Waals surface area contributed by atoms with Gasteiger partial charge in [-0.2, -0.15) is 10.2 Å². The Labute approximate surface area is 191 Å². The van der Waals surface area contributed by atoms with Gasteiger partial charge in [-0.25, -0.2) is 13.6 Å². The van der Waals surface area contributed by atoms with Gasteiger partial charge in [0.15, 0.2) is 5.82 Å². The van der Waals surface area contributed by atoms with Crippen molar-refractivity contribution in [2.75, 3.05) is 5.73 Å². The number of aromatic carboxylic acids is 1. The van der Waals surface area contributed by atoms with Gasteiger partial charge in [0, 0.05) is 17.3 Å². The van der Waals surface area contributed by atoms with E-state index in [4.69, 9.17) is 10.8 Å². The van der Waals surface area contributed by atoms with Crippen LogP contribution in [0.25, 0.3) is 16.6 Å². The number of aliphatic hydroxyl groups excluding tert-OH is 1. The number of carboxylic acid groups (broad SMARTS) is 1. The van der Waals surface area contributed by atoms with Crippen molar-refractivity contribution >= 4 is 28.2 Å². The normalized spacial score (nSPS) is 11.4. The number of azo groups is 1. The van der Waals surface area contributed by atoms with E-state index in [0.717, 1.165) is 34.0 Å². The second kappa shape index (κ2) is 9.20. The summed E-state index contributed by atoms with van der Waals surface area (Å²) in [5.41, 5.74) is 5.43. The zero-order valence-corrected chi connectivity index (χ0v) is 17.6. The van der Waals surface area contributed by atoms with Gasteiger partial charge in [-0.15, -0.1) is 0 Å². The molecule has 0 unspecified atom stereocenters. The number of nitrogen functional groups attached to an aromatic ring is 1. The topological polar surface area (TPSA) is 130 Å². The summed E-state index contributed by atoms with van der Waals surface area (Å²) in [6.07, 6.45) is 0.975. The highest BCUT2D eigenvalue weighted by Crippen LogP contribution is 2.28. The number of halogens is 2. The fourth-order valence-electron chi connectivity index (χ4n) is 3.42. The molecule has 0 saturated heterocycles. The van der Waals surface area contributed by atoms with Crippen LogP contribution in [0.4, 0.5) is 20.2 Å². The molecule has 4 rings (SSSR count). The van der Waals surface area contributed by atoms with E-state index < -0.39 is 28.6 Å². The SMILES string of the molecule is Nc1ccc(-n2cc(C(=O)O)c(=O)c3cc(F)c(N=NCc4ccc(CO)cc4)cc32)c(F)c1. The number of nitrogens with zero attached hydrogens (tertiary/aromatic N) is 3. The van der Waals surface area contributed by atoms with Gasteiger partial charge in [-0.3, -0.25) is 4.79 Å². The Kier molecular flexibility index (Phi) is 6.15. The molecule has 3 aromatic carbocycles. The zero-order valence-electron chi connectivity index (χ0n) is 17.6. The van der Waals surface area contributed by atoms with Crippen LogP contribution in [0.2, 0.25) is 0 Å². The van der Waals surface area contributed by atoms with Gasteiger partial charge in [0.2, 0.25) is 5.43 Å². The van der Waals surface area contributed by atoms with Gasteiger partial charge < -0.3 is 20.5 Å². The van der Waals surface area contributed by atoms with Crippen LogP contribution in [0.1, 0.15) is 21.5 Å². The summed E-state index contributed by atoms with van der Waals surface area (Å²) in [7, 11) is 0. The van der Waals surface area contributed by atoms with Gasteiger partial charge in [-0.05, 0) is 41.5 Å². The minimum Gasteiger partial charge on any atom is -0.477 e. The number of hydrogen-bond donors (Lipinski definition) is 3. The maximum atomic E-state index is 14.8. The van der Waals surface area contributed by atoms with Gasteiger partial charge in [0.1, 0.15) is 17.1 Å². The average Bonchev–Trinajstić information content (AvgIpc) is 2.81. The standard InChI is InChI=1S/C24H18F2N4O4/c25-18-8-16-22(9-20(18)29-28-10-13-1-3-14(12-31)4-2-13)30(11-17(23(16)32)24(33)34)21-6-5-15(27)7-19(21)26/h1-9,11,31H,10,12,27H2,(H,33,34). The number of nitrogens with two attached hydrogens (primary N) is 1. The third kappa shape index (κ3) is 4.39. The molecule has 4 N–H and O–H groups in total. The Balaban J connectivity index is 1.83. The molecule has 0 fully saturated rings. The number of carboxylic acids is 1. The molecule has 34 heavy (non-hydrogen) atoms. The number of pyridine rings is 1. The number of benzene rings is 3. The molecular weight excluding hydrogens is 446 g/mol. The average molecular weight is 464 g/mol. The summed E-state index contributed by atoms with van der Waals surface area (Å²) >= 11 is 0. The third-order valence-electron chi connectivity index (χ3n) is 5.17. The Hall–Kier alpha value is -4.44. The molecule has 0 atom stereocenters. The van der Waals surface area contributed by atoms with Crippen LogP contribution in [0, 0.1) is 11.6 Å². The van der Waals surface area contributed by atoms with Crippen molar-refractivity contribution in [2.45, 2.75) is 13.2 Å². The maximum absolute atomic E-state index is 14.8. The molecule has 4 aromatic rings. The monoisotopic (exact) mass is 464 g/mol. The molecule has 8 nitrogen and oxygen atoms in total. The number of carbonyl (C=O) groups is 1. The second-order valence-corrected chi connectivity index (χ2v) is 7.45. The molecule has 10 heteroatoms. The van der Waals surface area contributed by atoms with E-state index in [1.54, 1.807) is 24.3 Å². The summed E-state index contributed by atoms with van der Waals surface area (Å²) in [5, 5.41) is 26.2. The lowest BCUT2D eigenvalue weighted by Crippen LogP contribution is -2.19. The lowest BCUT2D eigenvalue weighted by atomic mass is 10.1. The largest absolute Gasteiger partial charge is 0.477 e. The number of aliphatic hydroxyl groups is 1. The van der Waals surface area contributed by atoms with E-state index in [1.807, 2.05) is 0 Å². The van der Waals surface area contributed by atoms with Crippen LogP contribution in [0.5, 0.6) is 0 Å². The quantitative estimate of drug-likeness (QED) is 0.289. The van der Waals surface area contributed by atoms with E-state index in [1.165, 1.54) is 18.2 Å². The van der Waals surface area contributed by atoms with Crippen LogP contribution in [0.15, 0.2) is 75.8 Å². The van der Waals surface area contributed by atoms with E-state index in [2.05, 4.69) is 10.2 Å². The summed E-state index contributed by atoms with van der Waals surface area (Å²) in [6, 6.07) is 12.8. The fraction of sp³-hybridized carbons (Fsp3) is 0.0833. The van der Waals surface area contributed by atoms with Crippen molar-refractivity contribution in [1.29, 1.82) is 0 Å². The van der Waals surface area contributed by atoms with Crippen molar-refractivity contribution in [3.8, 4) is 5.69 Å². The Morgan fingerprint density at radius 3 is 2.35 bits per heavy atom. The number of anilines is 1. The molecule has 172 valence electrons. The van der Waals surface area contributed by atoms with Gasteiger partial charge >= 0.3 is 5.97 Å². The summed E-state index contributed by atoms with van der Waals surface area (Å²) in [6.45, 7) is 0.0323. The number of fused-ring (bicyclic) bond motifs is 1. The first-order chi connectivity index (χ1) is 16.3. The van der Waals surface area contributed by atoms with Crippen molar-refractivity contribution < 1.29 is 23.8 Å². The third-order valence-corrected chi connectivity index (χ3v) is 5.17. The lowest BCUT2D eigenvalue weighted by Gasteiger charge is -2.14. The Morgan fingerprint density at radius 2 is 1.71 bits per heavy atom. The molecule has 0 aliphatic rings. The molecule has 0 amide bonds. The predicted molar refractivity (Wildman–Crippen MR) is 121 cm³/mol. The Bertz CT molecular complexity index is 1500. The first-order valence-corrected chi connectivity index (χ1v) is 10.0. The maximum Gasteiger partial charge on any atom is 0.341 e. The Morgan fingerprint density at radius 1 is 1.00 bits per heavy atom. The van der Waals surface area contributed by atoms with E-state index in [0.29, 0.717) is 0 Å². The highest BCUT2D eigenvalue weighted by Gasteiger charge is 2.19. The molecule has 0 aliphatic carbocycles. The fourth-order valence-corrected chi connectivity index (χ4v) is 3.42. The molecule has 1 aromatic heterocycles. The van der Waals surface area contributed by atoms with Crippen molar-refractivity contribution in [3.63, 3.8) is 0 Å². The van der Waals surface area contributed by atoms with Gasteiger partial charge in [0.05, 0.1) is 24.4 Å². The van der Waals surface area contributed by atoms with Crippen LogP contribution >= 0.6 is 0 Å². The summed E-state index contributed by atoms with van der Waals surface area (Å²) in [5.74, 6) is -3.19. The molecule has 0 radical (unpaired) electrons. The minimum atomic E-state index is -1.53. The number of aromatic nitrogens is 1. The second-order valence-electron chi connectivity index (χ2n) is 7.45. The van der Waals surface area contributed by atoms with E-state index >= 15 is 0 Å². The molecule has 1 heterocycles. The number of rotatable bonds is 6. The first kappa shape index (κ1) is 22.7. The predicted octanol–water partition coefficient (Wildman–Crippen LogP) is 4.33. The zero-order chi connectivity index (χ0) is 24.4. The van der Waals surface area contributed by atoms with Crippen molar-refractivity contribution in [2.24, 2.45) is 10.2 Å². The molecule has 0 bridgehead atoms. The van der Waals surface area contributed by atoms with Gasteiger partial charge in [-0.1, -0.05) is 24.3 Å². The highest BCUT2D eigenvalue weighted by atomic mass is 19.1. The number of hydrogen-bond acceptors (Lipinski definition) is 6. The van der Waals surface area contributed by atoms with Gasteiger partial charge in [0.25, 0.3) is 0 Å². The van der Waals surface area contributed by atoms with Crippen LogP contribution in [0.3, 0.4) is 0 Å². The molecule has 0 aliphatic heterocycles. The van der Waals surface area contributed by atoms with Crippen LogP contribution < -0.4 is 11.2 Å². The van der Waals surface area contributed by atoms with Crippen LogP contribution in [-0.2, 0) is 13.2 Å². The smallest absolute Gasteiger partial charge is 0.341 e. The van der Waals surface area contributed by atoms with Crippen LogP contribution in [-0.4, -0.2) is 20.7 Å². The van der Waals surface area contributed by atoms with Crippen molar-refractivity contribution in [1.82, 2.24) is 4.57 Å². The summed E-state index contributed by atoms with van der Waals surface area (Å²) in [4.78, 5) is 24.2. The molecule has 0 spiro atoms. The molecule has 0 saturated carbocycles. The minimum absolute atomic E-state index is 0.0429. The van der Waals surface area contributed by atoms with Crippen molar-refractivity contribution in [3.05, 3.63) is 99.3 Å².